The van der Waals surface area contributed by atoms with Crippen LogP contribution in [0.25, 0.3) is 0 Å². The van der Waals surface area contributed by atoms with Crippen molar-refractivity contribution in [2.24, 2.45) is 0 Å². The molecule has 0 bridgehead atoms. The third kappa shape index (κ3) is 5.56. The normalized spacial score (nSPS) is 12.9. The minimum atomic E-state index is -0.838. The Hall–Kier alpha value is -2.59. The summed E-state index contributed by atoms with van der Waals surface area (Å²) in [4.78, 5) is 12.1. The molecule has 0 aliphatic rings. The molecule has 2 atom stereocenters. The molecule has 0 spiro atoms. The van der Waals surface area contributed by atoms with E-state index in [1.807, 2.05) is 60.7 Å². The molecule has 4 nitrogen and oxygen atoms in total. The number of carbonyl (C=O) groups is 1. The second kappa shape index (κ2) is 8.89. The van der Waals surface area contributed by atoms with Crippen LogP contribution in [0.1, 0.15) is 18.1 Å². The van der Waals surface area contributed by atoms with Crippen molar-refractivity contribution in [3.63, 3.8) is 0 Å². The van der Waals surface area contributed by atoms with Crippen LogP contribution in [0.2, 0.25) is 0 Å². The molecule has 0 aliphatic carbocycles. The van der Waals surface area contributed by atoms with Crippen LogP contribution < -0.4 is 5.32 Å². The summed E-state index contributed by atoms with van der Waals surface area (Å²) in [6.45, 7) is 5.70. The summed E-state index contributed by atoms with van der Waals surface area (Å²) in [6, 6.07) is 18.6. The number of carbonyl (C=O) groups excluding carboxylic acids is 1. The average molecular weight is 325 g/mol. The average Bonchev–Trinajstić information content (AvgIpc) is 2.60. The van der Waals surface area contributed by atoms with Gasteiger partial charge in [-0.2, -0.15) is 0 Å². The number of ether oxygens (including phenoxy) is 1. The summed E-state index contributed by atoms with van der Waals surface area (Å²) in [6.07, 6.45) is -0.899. The van der Waals surface area contributed by atoms with E-state index in [1.54, 1.807) is 6.92 Å². The van der Waals surface area contributed by atoms with Crippen LogP contribution >= 0.6 is 0 Å². The van der Waals surface area contributed by atoms with E-state index in [9.17, 15) is 9.90 Å². The first-order valence-corrected chi connectivity index (χ1v) is 7.91. The van der Waals surface area contributed by atoms with Gasteiger partial charge in [0, 0.05) is 0 Å². The number of aliphatic hydroxyl groups excluding tert-OH is 1. The fraction of sp³-hybridized carbons (Fsp3) is 0.250. The SMILES string of the molecule is C=C(C)C(O)[C@H](Cc1ccccc1)NC(=O)OCc1ccccc1. The highest BCUT2D eigenvalue weighted by atomic mass is 16.5. The Morgan fingerprint density at radius 3 is 2.17 bits per heavy atom. The van der Waals surface area contributed by atoms with Crippen molar-refractivity contribution in [1.29, 1.82) is 0 Å². The first-order valence-electron chi connectivity index (χ1n) is 7.91. The molecule has 1 unspecified atom stereocenters. The predicted molar refractivity (Wildman–Crippen MR) is 94.5 cm³/mol. The fourth-order valence-corrected chi connectivity index (χ4v) is 2.37. The number of alkyl carbamates (subject to hydrolysis) is 1. The Balaban J connectivity index is 1.96. The Bertz CT molecular complexity index is 655. The van der Waals surface area contributed by atoms with Crippen molar-refractivity contribution in [3.8, 4) is 0 Å². The molecule has 2 rings (SSSR count). The van der Waals surface area contributed by atoms with E-state index in [0.29, 0.717) is 12.0 Å². The lowest BCUT2D eigenvalue weighted by molar-refractivity contribution is 0.115. The molecule has 0 fully saturated rings. The fourth-order valence-electron chi connectivity index (χ4n) is 2.37. The number of nitrogens with one attached hydrogen (secondary N) is 1. The van der Waals surface area contributed by atoms with Gasteiger partial charge in [0.05, 0.1) is 12.1 Å². The molecule has 2 aromatic carbocycles. The molecule has 0 saturated carbocycles. The van der Waals surface area contributed by atoms with Gasteiger partial charge in [0.15, 0.2) is 0 Å². The van der Waals surface area contributed by atoms with Crippen molar-refractivity contribution in [3.05, 3.63) is 83.9 Å². The summed E-state index contributed by atoms with van der Waals surface area (Å²) < 4.78 is 5.24. The van der Waals surface area contributed by atoms with Crippen molar-refractivity contribution in [2.45, 2.75) is 32.1 Å². The zero-order chi connectivity index (χ0) is 17.4. The van der Waals surface area contributed by atoms with E-state index in [-0.39, 0.29) is 6.61 Å². The second-order valence-corrected chi connectivity index (χ2v) is 5.79. The monoisotopic (exact) mass is 325 g/mol. The topological polar surface area (TPSA) is 58.6 Å². The number of hydrogen-bond acceptors (Lipinski definition) is 3. The van der Waals surface area contributed by atoms with Crippen molar-refractivity contribution >= 4 is 6.09 Å². The molecular weight excluding hydrogens is 302 g/mol. The Morgan fingerprint density at radius 2 is 1.62 bits per heavy atom. The summed E-state index contributed by atoms with van der Waals surface area (Å²) in [7, 11) is 0. The quantitative estimate of drug-likeness (QED) is 0.767. The van der Waals surface area contributed by atoms with Crippen molar-refractivity contribution in [2.75, 3.05) is 0 Å². The van der Waals surface area contributed by atoms with Crippen LogP contribution in [-0.4, -0.2) is 23.3 Å². The molecule has 0 saturated heterocycles. The predicted octanol–water partition coefficient (Wildman–Crippen LogP) is 3.46. The molecule has 2 aromatic rings. The van der Waals surface area contributed by atoms with Gasteiger partial charge in [0.1, 0.15) is 6.61 Å². The van der Waals surface area contributed by atoms with Gasteiger partial charge < -0.3 is 15.2 Å². The van der Waals surface area contributed by atoms with Gasteiger partial charge in [0.25, 0.3) is 0 Å². The molecule has 4 heteroatoms. The maximum Gasteiger partial charge on any atom is 0.407 e. The molecule has 0 radical (unpaired) electrons. The Labute approximate surface area is 142 Å². The molecule has 126 valence electrons. The van der Waals surface area contributed by atoms with Gasteiger partial charge in [-0.05, 0) is 24.5 Å². The first-order chi connectivity index (χ1) is 11.6. The van der Waals surface area contributed by atoms with E-state index in [0.717, 1.165) is 11.1 Å². The molecule has 0 heterocycles. The summed E-state index contributed by atoms with van der Waals surface area (Å²) in [5.74, 6) is 0. The van der Waals surface area contributed by atoms with E-state index in [1.165, 1.54) is 0 Å². The van der Waals surface area contributed by atoms with Gasteiger partial charge in [-0.1, -0.05) is 72.8 Å². The van der Waals surface area contributed by atoms with Crippen LogP contribution in [0.3, 0.4) is 0 Å². The van der Waals surface area contributed by atoms with E-state index in [4.69, 9.17) is 4.74 Å². The standard InChI is InChI=1S/C20H23NO3/c1-15(2)19(22)18(13-16-9-5-3-6-10-16)21-20(23)24-14-17-11-7-4-8-12-17/h3-12,18-19,22H,1,13-14H2,2H3,(H,21,23)/t18-,19?/m0/s1. The molecule has 0 aromatic heterocycles. The Kier molecular flexibility index (Phi) is 6.58. The number of rotatable bonds is 7. The zero-order valence-electron chi connectivity index (χ0n) is 13.8. The molecule has 2 N–H and O–H groups in total. The van der Waals surface area contributed by atoms with Gasteiger partial charge in [-0.3, -0.25) is 0 Å². The van der Waals surface area contributed by atoms with E-state index < -0.39 is 18.2 Å². The number of aliphatic hydroxyl groups is 1. The maximum absolute atomic E-state index is 12.1. The van der Waals surface area contributed by atoms with E-state index in [2.05, 4.69) is 11.9 Å². The zero-order valence-corrected chi connectivity index (χ0v) is 13.8. The van der Waals surface area contributed by atoms with Gasteiger partial charge in [-0.25, -0.2) is 4.79 Å². The second-order valence-electron chi connectivity index (χ2n) is 5.79. The lowest BCUT2D eigenvalue weighted by Crippen LogP contribution is -2.45. The first kappa shape index (κ1) is 17.8. The van der Waals surface area contributed by atoms with Crippen molar-refractivity contribution < 1.29 is 14.6 Å². The molecule has 1 amide bonds. The lowest BCUT2D eigenvalue weighted by atomic mass is 9.98. The molecule has 24 heavy (non-hydrogen) atoms. The summed E-state index contributed by atoms with van der Waals surface area (Å²) in [5.41, 5.74) is 2.53. The van der Waals surface area contributed by atoms with Gasteiger partial charge in [-0.15, -0.1) is 0 Å². The third-order valence-electron chi connectivity index (χ3n) is 3.70. The largest absolute Gasteiger partial charge is 0.445 e. The van der Waals surface area contributed by atoms with Crippen LogP contribution in [0.4, 0.5) is 4.79 Å². The smallest absolute Gasteiger partial charge is 0.407 e. The highest BCUT2D eigenvalue weighted by Crippen LogP contribution is 2.11. The van der Waals surface area contributed by atoms with Crippen LogP contribution in [-0.2, 0) is 17.8 Å². The minimum Gasteiger partial charge on any atom is -0.445 e. The van der Waals surface area contributed by atoms with Crippen LogP contribution in [0.15, 0.2) is 72.8 Å². The van der Waals surface area contributed by atoms with Crippen molar-refractivity contribution in [1.82, 2.24) is 5.32 Å². The van der Waals surface area contributed by atoms with Gasteiger partial charge >= 0.3 is 6.09 Å². The van der Waals surface area contributed by atoms with E-state index >= 15 is 0 Å². The van der Waals surface area contributed by atoms with Crippen LogP contribution in [0, 0.1) is 0 Å². The van der Waals surface area contributed by atoms with Crippen LogP contribution in [0.5, 0.6) is 0 Å². The number of hydrogen-bond donors (Lipinski definition) is 2. The summed E-state index contributed by atoms with van der Waals surface area (Å²) in [5, 5.41) is 13.1. The third-order valence-corrected chi connectivity index (χ3v) is 3.70. The lowest BCUT2D eigenvalue weighted by Gasteiger charge is -2.24. The summed E-state index contributed by atoms with van der Waals surface area (Å²) >= 11 is 0. The molecular formula is C20H23NO3. The minimum absolute atomic E-state index is 0.188. The molecule has 0 aliphatic heterocycles. The van der Waals surface area contributed by atoms with Gasteiger partial charge in [0.2, 0.25) is 0 Å². The number of amides is 1. The Morgan fingerprint density at radius 1 is 1.08 bits per heavy atom. The maximum atomic E-state index is 12.1. The highest BCUT2D eigenvalue weighted by Gasteiger charge is 2.23. The highest BCUT2D eigenvalue weighted by molar-refractivity contribution is 5.67. The number of benzene rings is 2.